The van der Waals surface area contributed by atoms with E-state index in [1.54, 1.807) is 0 Å². The van der Waals surface area contributed by atoms with Crippen LogP contribution in [0.1, 0.15) is 19.3 Å². The third-order valence-electron chi connectivity index (χ3n) is 4.55. The first-order chi connectivity index (χ1) is 10.6. The van der Waals surface area contributed by atoms with Crippen molar-refractivity contribution in [2.24, 2.45) is 5.73 Å². The fraction of sp³-hybridized carbons (Fsp3) is 0.562. The second-order valence-corrected chi connectivity index (χ2v) is 6.04. The smallest absolute Gasteiger partial charge is 0.312 e. The van der Waals surface area contributed by atoms with E-state index in [4.69, 9.17) is 10.5 Å². The summed E-state index contributed by atoms with van der Waals surface area (Å²) in [5.41, 5.74) is 5.29. The van der Waals surface area contributed by atoms with Crippen LogP contribution in [0.3, 0.4) is 0 Å². The first-order valence-electron chi connectivity index (χ1n) is 7.85. The second kappa shape index (κ2) is 6.54. The van der Waals surface area contributed by atoms with Crippen LogP contribution < -0.4 is 15.8 Å². The molecule has 0 unspecified atom stereocenters. The topological polar surface area (TPSA) is 87.8 Å². The molecule has 1 saturated heterocycles. The Bertz CT molecular complexity index is 505. The number of hydrogen-bond acceptors (Lipinski definition) is 4. The van der Waals surface area contributed by atoms with Crippen LogP contribution in [-0.4, -0.2) is 53.4 Å². The molecule has 1 aromatic rings. The van der Waals surface area contributed by atoms with Crippen LogP contribution in [0.4, 0.5) is 4.79 Å². The zero-order chi connectivity index (χ0) is 15.5. The molecule has 0 spiro atoms. The maximum Gasteiger partial charge on any atom is 0.312 e. The summed E-state index contributed by atoms with van der Waals surface area (Å²) in [6.07, 6.45) is 1.81. The number of likely N-dealkylation sites (tertiary alicyclic amines) is 1. The molecule has 22 heavy (non-hydrogen) atoms. The largest absolute Gasteiger partial charge is 0.488 e. The minimum Gasteiger partial charge on any atom is -0.488 e. The fourth-order valence-electron chi connectivity index (χ4n) is 3.62. The van der Waals surface area contributed by atoms with Gasteiger partial charge in [-0.15, -0.1) is 0 Å². The number of benzene rings is 1. The van der Waals surface area contributed by atoms with Crippen molar-refractivity contribution < 1.29 is 14.6 Å². The van der Waals surface area contributed by atoms with Crippen molar-refractivity contribution in [1.29, 1.82) is 0 Å². The first kappa shape index (κ1) is 15.1. The summed E-state index contributed by atoms with van der Waals surface area (Å²) in [6.45, 7) is 1.88. The molecule has 1 heterocycles. The summed E-state index contributed by atoms with van der Waals surface area (Å²) in [4.78, 5) is 13.5. The quantitative estimate of drug-likeness (QED) is 0.764. The van der Waals surface area contributed by atoms with Gasteiger partial charge in [0.05, 0.1) is 12.1 Å². The Kier molecular flexibility index (Phi) is 4.49. The van der Waals surface area contributed by atoms with Crippen molar-refractivity contribution in [2.75, 3.05) is 13.1 Å². The van der Waals surface area contributed by atoms with Crippen LogP contribution in [-0.2, 0) is 0 Å². The van der Waals surface area contributed by atoms with Crippen LogP contribution in [0.25, 0.3) is 0 Å². The van der Waals surface area contributed by atoms with E-state index in [-0.39, 0.29) is 18.2 Å². The maximum absolute atomic E-state index is 11.3. The summed E-state index contributed by atoms with van der Waals surface area (Å²) in [5.74, 6) is 0.728. The molecule has 0 aromatic heterocycles. The summed E-state index contributed by atoms with van der Waals surface area (Å²) < 4.78 is 5.92. The van der Waals surface area contributed by atoms with Crippen LogP contribution >= 0.6 is 0 Å². The SMILES string of the molecule is NC(=O)N[C@@H]1C[C@@H](Oc2ccccc2)[C@H](O)[C@H]1N1CCCC1. The molecule has 2 fully saturated rings. The number of hydrogen-bond donors (Lipinski definition) is 3. The molecule has 1 aliphatic heterocycles. The molecule has 2 amide bonds. The standard InChI is InChI=1S/C16H23N3O3/c17-16(21)18-12-10-13(22-11-6-2-1-3-7-11)15(20)14(12)19-8-4-5-9-19/h1-3,6-7,12-15,20H,4-5,8-10H2,(H3,17,18,21)/t12-,13-,14+,15+/m1/s1. The number of carbonyl (C=O) groups is 1. The summed E-state index contributed by atoms with van der Waals surface area (Å²) in [7, 11) is 0. The second-order valence-electron chi connectivity index (χ2n) is 6.04. The zero-order valence-electron chi connectivity index (χ0n) is 12.5. The van der Waals surface area contributed by atoms with Crippen molar-refractivity contribution in [1.82, 2.24) is 10.2 Å². The lowest BCUT2D eigenvalue weighted by molar-refractivity contribution is 0.0143. The van der Waals surface area contributed by atoms with E-state index < -0.39 is 12.1 Å². The van der Waals surface area contributed by atoms with Gasteiger partial charge in [0.1, 0.15) is 18.0 Å². The highest BCUT2D eigenvalue weighted by molar-refractivity contribution is 5.72. The molecule has 1 aromatic carbocycles. The predicted octanol–water partition coefficient (Wildman–Crippen LogP) is 0.700. The van der Waals surface area contributed by atoms with Crippen molar-refractivity contribution in [3.8, 4) is 5.75 Å². The van der Waals surface area contributed by atoms with Gasteiger partial charge in [0, 0.05) is 6.42 Å². The Morgan fingerprint density at radius 2 is 1.95 bits per heavy atom. The molecule has 0 radical (unpaired) electrons. The monoisotopic (exact) mass is 305 g/mol. The Balaban J connectivity index is 1.74. The van der Waals surface area contributed by atoms with Gasteiger partial charge in [-0.05, 0) is 38.1 Å². The molecular formula is C16H23N3O3. The van der Waals surface area contributed by atoms with Gasteiger partial charge in [-0.3, -0.25) is 4.90 Å². The fourth-order valence-corrected chi connectivity index (χ4v) is 3.62. The van der Waals surface area contributed by atoms with Gasteiger partial charge >= 0.3 is 6.03 Å². The van der Waals surface area contributed by atoms with Crippen LogP contribution in [0.5, 0.6) is 5.75 Å². The van der Waals surface area contributed by atoms with Gasteiger partial charge in [0.15, 0.2) is 0 Å². The molecule has 4 N–H and O–H groups in total. The van der Waals surface area contributed by atoms with Gasteiger partial charge < -0.3 is 20.9 Å². The van der Waals surface area contributed by atoms with E-state index >= 15 is 0 Å². The number of para-hydroxylation sites is 1. The molecule has 1 saturated carbocycles. The lowest BCUT2D eigenvalue weighted by atomic mass is 10.1. The highest BCUT2D eigenvalue weighted by Crippen LogP contribution is 2.31. The molecule has 6 heteroatoms. The van der Waals surface area contributed by atoms with Crippen LogP contribution in [0.15, 0.2) is 30.3 Å². The lowest BCUT2D eigenvalue weighted by Crippen LogP contribution is -2.53. The highest BCUT2D eigenvalue weighted by Gasteiger charge is 2.47. The third kappa shape index (κ3) is 3.18. The number of ether oxygens (including phenoxy) is 1. The van der Waals surface area contributed by atoms with Gasteiger partial charge in [-0.2, -0.15) is 0 Å². The Morgan fingerprint density at radius 1 is 1.27 bits per heavy atom. The molecule has 2 aliphatic rings. The minimum atomic E-state index is -0.643. The van der Waals surface area contributed by atoms with Gasteiger partial charge in [-0.1, -0.05) is 18.2 Å². The molecular weight excluding hydrogens is 282 g/mol. The van der Waals surface area contributed by atoms with Gasteiger partial charge in [0.25, 0.3) is 0 Å². The Labute approximate surface area is 130 Å². The zero-order valence-corrected chi connectivity index (χ0v) is 12.5. The van der Waals surface area contributed by atoms with E-state index in [1.165, 1.54) is 0 Å². The van der Waals surface area contributed by atoms with E-state index in [0.717, 1.165) is 31.7 Å². The summed E-state index contributed by atoms with van der Waals surface area (Å²) in [5, 5.41) is 13.5. The van der Waals surface area contributed by atoms with E-state index in [0.29, 0.717) is 6.42 Å². The number of aliphatic hydroxyl groups excluding tert-OH is 1. The van der Waals surface area contributed by atoms with E-state index in [1.807, 2.05) is 30.3 Å². The van der Waals surface area contributed by atoms with Gasteiger partial charge in [0.2, 0.25) is 0 Å². The number of aliphatic hydroxyl groups is 1. The van der Waals surface area contributed by atoms with E-state index in [9.17, 15) is 9.90 Å². The minimum absolute atomic E-state index is 0.135. The highest BCUT2D eigenvalue weighted by atomic mass is 16.5. The number of nitrogens with zero attached hydrogens (tertiary/aromatic N) is 1. The maximum atomic E-state index is 11.3. The van der Waals surface area contributed by atoms with Crippen molar-refractivity contribution in [3.63, 3.8) is 0 Å². The number of primary amides is 1. The van der Waals surface area contributed by atoms with Crippen molar-refractivity contribution in [2.45, 2.75) is 43.6 Å². The summed E-state index contributed by atoms with van der Waals surface area (Å²) >= 11 is 0. The molecule has 6 nitrogen and oxygen atoms in total. The first-order valence-corrected chi connectivity index (χ1v) is 7.85. The van der Waals surface area contributed by atoms with Gasteiger partial charge in [-0.25, -0.2) is 4.79 Å². The normalized spacial score (nSPS) is 32.0. The molecule has 0 bridgehead atoms. The Hall–Kier alpha value is -1.79. The number of amides is 2. The third-order valence-corrected chi connectivity index (χ3v) is 4.55. The summed E-state index contributed by atoms with van der Waals surface area (Å²) in [6, 6.07) is 8.58. The molecule has 3 rings (SSSR count). The number of nitrogens with one attached hydrogen (secondary N) is 1. The van der Waals surface area contributed by atoms with Crippen molar-refractivity contribution >= 4 is 6.03 Å². The average Bonchev–Trinajstić information content (AvgIpc) is 3.09. The molecule has 1 aliphatic carbocycles. The number of urea groups is 1. The van der Waals surface area contributed by atoms with E-state index in [2.05, 4.69) is 10.2 Å². The number of rotatable bonds is 4. The number of nitrogens with two attached hydrogens (primary N) is 1. The lowest BCUT2D eigenvalue weighted by Gasteiger charge is -2.31. The predicted molar refractivity (Wildman–Crippen MR) is 82.6 cm³/mol. The van der Waals surface area contributed by atoms with Crippen LogP contribution in [0.2, 0.25) is 0 Å². The Morgan fingerprint density at radius 3 is 2.59 bits per heavy atom. The molecule has 120 valence electrons. The van der Waals surface area contributed by atoms with Crippen LogP contribution in [0, 0.1) is 0 Å². The van der Waals surface area contributed by atoms with Crippen molar-refractivity contribution in [3.05, 3.63) is 30.3 Å². The number of carbonyl (C=O) groups excluding carboxylic acids is 1. The molecule has 4 atom stereocenters. The average molecular weight is 305 g/mol.